The Balaban J connectivity index is 1.47. The number of carbonyl (C=O) groups excluding carboxylic acids is 1. The fraction of sp³-hybridized carbons (Fsp3) is 0.391. The summed E-state index contributed by atoms with van der Waals surface area (Å²) in [6.45, 7) is -0.535. The Morgan fingerprint density at radius 2 is 1.90 bits per heavy atom. The first-order valence-corrected chi connectivity index (χ1v) is 13.1. The van der Waals surface area contributed by atoms with Crippen molar-refractivity contribution >= 4 is 16.1 Å². The molecule has 216 valence electrons. The molecule has 40 heavy (non-hydrogen) atoms. The van der Waals surface area contributed by atoms with Gasteiger partial charge in [0.25, 0.3) is 0 Å². The van der Waals surface area contributed by atoms with Crippen molar-refractivity contribution in [1.29, 1.82) is 0 Å². The van der Waals surface area contributed by atoms with Crippen LogP contribution < -0.4 is 9.88 Å². The van der Waals surface area contributed by atoms with E-state index in [1.165, 1.54) is 35.5 Å². The number of aromatic nitrogens is 4. The number of halogens is 4. The van der Waals surface area contributed by atoms with Gasteiger partial charge in [0.2, 0.25) is 5.78 Å². The van der Waals surface area contributed by atoms with E-state index in [2.05, 4.69) is 24.0 Å². The molecule has 4 N–H and O–H groups in total. The largest absolute Gasteiger partial charge is 0.573 e. The number of carbonyl (C=O) groups is 1. The fourth-order valence-corrected chi connectivity index (χ4v) is 4.84. The van der Waals surface area contributed by atoms with E-state index in [9.17, 15) is 41.0 Å². The summed E-state index contributed by atoms with van der Waals surface area (Å²) >= 11 is 0. The van der Waals surface area contributed by atoms with Crippen LogP contribution in [0.2, 0.25) is 0 Å². The van der Waals surface area contributed by atoms with Gasteiger partial charge in [0.15, 0.2) is 11.6 Å². The lowest BCUT2D eigenvalue weighted by Crippen LogP contribution is -2.31. The third-order valence-electron chi connectivity index (χ3n) is 6.30. The number of nitrogens with two attached hydrogens (primary N) is 1. The average molecular weight is 590 g/mol. The third-order valence-corrected chi connectivity index (χ3v) is 6.77. The maximum Gasteiger partial charge on any atom is 0.573 e. The van der Waals surface area contributed by atoms with Crippen molar-refractivity contribution in [3.63, 3.8) is 0 Å². The molecule has 2 heterocycles. The van der Waals surface area contributed by atoms with Crippen molar-refractivity contribution in [2.75, 3.05) is 6.61 Å². The zero-order chi connectivity index (χ0) is 29.2. The Morgan fingerprint density at radius 1 is 1.18 bits per heavy atom. The normalized spacial score (nSPS) is 21.5. The van der Waals surface area contributed by atoms with E-state index in [-0.39, 0.29) is 41.9 Å². The highest BCUT2D eigenvalue weighted by atomic mass is 32.2. The smallest absolute Gasteiger partial charge is 0.403 e. The SMILES string of the molecule is NS(=O)(=O)OC[C@H]1C[C@@H](Cc2ncncc2C(=O)c2ccn(Cc3ccc(F)c(OC(F)(F)F)c3)n2)[C@H](O)[C@@H]1O. The summed E-state index contributed by atoms with van der Waals surface area (Å²) in [6, 6.07) is 4.30. The first-order valence-electron chi connectivity index (χ1n) is 11.6. The minimum absolute atomic E-state index is 0.0337. The maximum atomic E-state index is 13.7. The van der Waals surface area contributed by atoms with Gasteiger partial charge in [-0.05, 0) is 42.5 Å². The number of ether oxygens (including phenoxy) is 1. The lowest BCUT2D eigenvalue weighted by Gasteiger charge is -2.17. The molecular weight excluding hydrogens is 566 g/mol. The van der Waals surface area contributed by atoms with E-state index in [4.69, 9.17) is 5.14 Å². The molecule has 1 saturated carbocycles. The van der Waals surface area contributed by atoms with Gasteiger partial charge in [0.05, 0.1) is 36.6 Å². The first kappa shape index (κ1) is 29.5. The summed E-state index contributed by atoms with van der Waals surface area (Å²) in [4.78, 5) is 21.2. The van der Waals surface area contributed by atoms with Crippen molar-refractivity contribution in [3.05, 3.63) is 71.3 Å². The maximum absolute atomic E-state index is 13.7. The predicted octanol–water partition coefficient (Wildman–Crippen LogP) is 1.11. The van der Waals surface area contributed by atoms with E-state index in [0.29, 0.717) is 0 Å². The molecule has 0 saturated heterocycles. The summed E-state index contributed by atoms with van der Waals surface area (Å²) in [5.41, 5.74) is 0.477. The number of hydrogen-bond acceptors (Lipinski definition) is 10. The molecule has 1 aliphatic carbocycles. The van der Waals surface area contributed by atoms with Crippen LogP contribution in [0.25, 0.3) is 0 Å². The molecule has 0 radical (unpaired) electrons. The van der Waals surface area contributed by atoms with Crippen molar-refractivity contribution < 1.29 is 49.9 Å². The quantitative estimate of drug-likeness (QED) is 0.229. The summed E-state index contributed by atoms with van der Waals surface area (Å²) in [5, 5.41) is 29.8. The number of ketones is 1. The van der Waals surface area contributed by atoms with Gasteiger partial charge in [-0.3, -0.25) is 13.7 Å². The Bertz CT molecular complexity index is 1480. The van der Waals surface area contributed by atoms with E-state index in [1.807, 2.05) is 0 Å². The van der Waals surface area contributed by atoms with Crippen LogP contribution in [0.5, 0.6) is 5.75 Å². The Hall–Kier alpha value is -3.51. The van der Waals surface area contributed by atoms with Gasteiger partial charge in [-0.25, -0.2) is 19.5 Å². The molecule has 0 bridgehead atoms. The predicted molar refractivity (Wildman–Crippen MR) is 126 cm³/mol. The molecule has 1 fully saturated rings. The van der Waals surface area contributed by atoms with Gasteiger partial charge >= 0.3 is 16.7 Å². The lowest BCUT2D eigenvalue weighted by molar-refractivity contribution is -0.275. The second-order valence-electron chi connectivity index (χ2n) is 9.14. The highest BCUT2D eigenvalue weighted by Gasteiger charge is 2.42. The zero-order valence-electron chi connectivity index (χ0n) is 20.4. The Kier molecular flexibility index (Phi) is 8.50. The Labute approximate surface area is 224 Å². The molecule has 12 nitrogen and oxygen atoms in total. The monoisotopic (exact) mass is 589 g/mol. The minimum atomic E-state index is -5.08. The molecule has 3 aromatic rings. The molecule has 17 heteroatoms. The van der Waals surface area contributed by atoms with Crippen LogP contribution in [0.4, 0.5) is 17.6 Å². The van der Waals surface area contributed by atoms with E-state index < -0.39 is 64.7 Å². The van der Waals surface area contributed by atoms with Crippen LogP contribution in [0.1, 0.15) is 33.7 Å². The number of hydrogen-bond donors (Lipinski definition) is 3. The van der Waals surface area contributed by atoms with Gasteiger partial charge in [-0.1, -0.05) is 6.07 Å². The van der Waals surface area contributed by atoms with Crippen LogP contribution in [-0.2, 0) is 27.5 Å². The molecule has 0 aliphatic heterocycles. The number of benzene rings is 1. The van der Waals surface area contributed by atoms with Gasteiger partial charge in [-0.15, -0.1) is 13.2 Å². The molecule has 0 amide bonds. The van der Waals surface area contributed by atoms with Crippen molar-refractivity contribution in [3.8, 4) is 5.75 Å². The summed E-state index contributed by atoms with van der Waals surface area (Å²) in [5.74, 6) is -4.12. The standard InChI is InChI=1S/C23H23F4N5O7S/c24-16-2-1-12(5-19(16)39-23(25,26)27)9-32-4-3-17(31-32)22(35)15-8-29-11-30-18(15)7-13-6-14(21(34)20(13)33)10-38-40(28,36)37/h1-5,8,11,13-14,20-21,33-34H,6-7,9-10H2,(H2,28,36,37)/t13-,14+,20-,21+/m0/s1. The van der Waals surface area contributed by atoms with E-state index >= 15 is 0 Å². The van der Waals surface area contributed by atoms with E-state index in [0.717, 1.165) is 12.1 Å². The molecule has 0 spiro atoms. The molecular formula is C23H23F4N5O7S. The molecule has 1 aromatic carbocycles. The summed E-state index contributed by atoms with van der Waals surface area (Å²) < 4.78 is 82.9. The summed E-state index contributed by atoms with van der Waals surface area (Å²) in [7, 11) is -4.24. The van der Waals surface area contributed by atoms with Crippen molar-refractivity contribution in [2.24, 2.45) is 17.0 Å². The topological polar surface area (TPSA) is 180 Å². The molecule has 4 rings (SSSR count). The number of aliphatic hydroxyl groups excluding tert-OH is 2. The van der Waals surface area contributed by atoms with Crippen molar-refractivity contribution in [2.45, 2.75) is 38.0 Å². The average Bonchev–Trinajstić information content (AvgIpc) is 3.43. The minimum Gasteiger partial charge on any atom is -0.403 e. The van der Waals surface area contributed by atoms with Crippen molar-refractivity contribution in [1.82, 2.24) is 19.7 Å². The van der Waals surface area contributed by atoms with Crippen LogP contribution in [0.15, 0.2) is 43.0 Å². The second kappa shape index (κ2) is 11.5. The van der Waals surface area contributed by atoms with Gasteiger partial charge < -0.3 is 14.9 Å². The number of nitrogens with zero attached hydrogens (tertiary/aromatic N) is 4. The highest BCUT2D eigenvalue weighted by molar-refractivity contribution is 7.84. The first-order chi connectivity index (χ1) is 18.7. The second-order valence-corrected chi connectivity index (χ2v) is 10.4. The van der Waals surface area contributed by atoms with Crippen LogP contribution >= 0.6 is 0 Å². The third kappa shape index (κ3) is 7.36. The lowest BCUT2D eigenvalue weighted by atomic mass is 9.95. The highest BCUT2D eigenvalue weighted by Crippen LogP contribution is 2.35. The van der Waals surface area contributed by atoms with E-state index in [1.54, 1.807) is 0 Å². The van der Waals surface area contributed by atoms with Gasteiger partial charge in [0, 0.05) is 18.3 Å². The zero-order valence-corrected chi connectivity index (χ0v) is 21.2. The van der Waals surface area contributed by atoms with Crippen LogP contribution in [0.3, 0.4) is 0 Å². The molecule has 4 atom stereocenters. The molecule has 0 unspecified atom stereocenters. The van der Waals surface area contributed by atoms with Crippen LogP contribution in [-0.4, -0.2) is 69.3 Å². The van der Waals surface area contributed by atoms with Gasteiger partial charge in [-0.2, -0.15) is 13.5 Å². The van der Waals surface area contributed by atoms with Crippen LogP contribution in [0, 0.1) is 17.7 Å². The number of alkyl halides is 3. The molecule has 1 aliphatic rings. The number of aliphatic hydroxyl groups is 2. The van der Waals surface area contributed by atoms with Gasteiger partial charge in [0.1, 0.15) is 12.0 Å². The summed E-state index contributed by atoms with van der Waals surface area (Å²) in [6.07, 6.45) is -3.59. The number of rotatable bonds is 10. The Morgan fingerprint density at radius 3 is 2.60 bits per heavy atom. The fourth-order valence-electron chi connectivity index (χ4n) is 4.48. The molecule has 2 aromatic heterocycles.